The van der Waals surface area contributed by atoms with Gasteiger partial charge in [0.2, 0.25) is 5.91 Å². The molecule has 0 aromatic heterocycles. The average Bonchev–Trinajstić information content (AvgIpc) is 2.51. The summed E-state index contributed by atoms with van der Waals surface area (Å²) < 4.78 is 0. The molecule has 2 aromatic rings. The first kappa shape index (κ1) is 17.2. The van der Waals surface area contributed by atoms with E-state index < -0.39 is 0 Å². The van der Waals surface area contributed by atoms with Crippen LogP contribution in [0.5, 0.6) is 0 Å². The van der Waals surface area contributed by atoms with Gasteiger partial charge in [0.1, 0.15) is 0 Å². The molecule has 0 fully saturated rings. The fourth-order valence-electron chi connectivity index (χ4n) is 1.97. The molecule has 0 aliphatic rings. The van der Waals surface area contributed by atoms with Crippen LogP contribution in [0.4, 0.5) is 5.69 Å². The van der Waals surface area contributed by atoms with E-state index in [2.05, 4.69) is 10.6 Å². The summed E-state index contributed by atoms with van der Waals surface area (Å²) in [4.78, 5) is 11.9. The van der Waals surface area contributed by atoms with Crippen molar-refractivity contribution in [3.05, 3.63) is 70.3 Å². The molecule has 5 heteroatoms. The lowest BCUT2D eigenvalue weighted by Gasteiger charge is -2.12. The zero-order chi connectivity index (χ0) is 16.8. The van der Waals surface area contributed by atoms with Gasteiger partial charge in [-0.05, 0) is 61.0 Å². The van der Waals surface area contributed by atoms with E-state index in [4.69, 9.17) is 23.8 Å². The van der Waals surface area contributed by atoms with E-state index in [-0.39, 0.29) is 11.0 Å². The van der Waals surface area contributed by atoms with Crippen LogP contribution in [0.3, 0.4) is 0 Å². The summed E-state index contributed by atoms with van der Waals surface area (Å²) in [7, 11) is 0. The lowest BCUT2D eigenvalue weighted by Crippen LogP contribution is -2.33. The van der Waals surface area contributed by atoms with Crippen molar-refractivity contribution in [3.63, 3.8) is 0 Å². The predicted octanol–water partition coefficient (Wildman–Crippen LogP) is 4.48. The fourth-order valence-corrected chi connectivity index (χ4v) is 2.38. The maximum atomic E-state index is 11.9. The molecule has 0 saturated heterocycles. The van der Waals surface area contributed by atoms with Crippen LogP contribution in [0.15, 0.2) is 48.5 Å². The monoisotopic (exact) mass is 344 g/mol. The van der Waals surface area contributed by atoms with E-state index in [0.29, 0.717) is 5.02 Å². The van der Waals surface area contributed by atoms with Gasteiger partial charge in [-0.3, -0.25) is 10.1 Å². The Morgan fingerprint density at radius 2 is 1.87 bits per heavy atom. The van der Waals surface area contributed by atoms with Crippen molar-refractivity contribution in [3.8, 4) is 0 Å². The Balaban J connectivity index is 1.96. The highest BCUT2D eigenvalue weighted by atomic mass is 35.5. The van der Waals surface area contributed by atoms with Crippen molar-refractivity contribution in [2.24, 2.45) is 0 Å². The third-order valence-electron chi connectivity index (χ3n) is 3.41. The Bertz CT molecular complexity index is 771. The molecular formula is C18H17ClN2OS. The van der Waals surface area contributed by atoms with Gasteiger partial charge in [-0.15, -0.1) is 0 Å². The van der Waals surface area contributed by atoms with Crippen LogP contribution in [0.2, 0.25) is 5.02 Å². The van der Waals surface area contributed by atoms with Gasteiger partial charge in [0.25, 0.3) is 0 Å². The first-order chi connectivity index (χ1) is 11.0. The minimum Gasteiger partial charge on any atom is -0.332 e. The molecule has 0 bridgehead atoms. The van der Waals surface area contributed by atoms with E-state index in [0.717, 1.165) is 22.4 Å². The zero-order valence-electron chi connectivity index (χ0n) is 12.9. The van der Waals surface area contributed by atoms with Gasteiger partial charge >= 0.3 is 0 Å². The molecule has 0 radical (unpaired) electrons. The van der Waals surface area contributed by atoms with Crippen LogP contribution in [0.25, 0.3) is 6.08 Å². The van der Waals surface area contributed by atoms with Crippen molar-refractivity contribution >= 4 is 46.6 Å². The van der Waals surface area contributed by atoms with Gasteiger partial charge < -0.3 is 5.32 Å². The summed E-state index contributed by atoms with van der Waals surface area (Å²) >= 11 is 11.2. The Kier molecular flexibility index (Phi) is 5.90. The highest BCUT2D eigenvalue weighted by Gasteiger charge is 2.05. The first-order valence-electron chi connectivity index (χ1n) is 7.08. The molecule has 0 atom stereocenters. The highest BCUT2D eigenvalue weighted by molar-refractivity contribution is 7.80. The maximum absolute atomic E-state index is 11.9. The second-order valence-corrected chi connectivity index (χ2v) is 5.86. The Morgan fingerprint density at radius 3 is 2.61 bits per heavy atom. The molecule has 0 heterocycles. The van der Waals surface area contributed by atoms with Gasteiger partial charge in [-0.2, -0.15) is 0 Å². The number of halogens is 1. The van der Waals surface area contributed by atoms with Crippen LogP contribution in [-0.2, 0) is 4.79 Å². The van der Waals surface area contributed by atoms with Crippen LogP contribution < -0.4 is 10.6 Å². The summed E-state index contributed by atoms with van der Waals surface area (Å²) in [6, 6.07) is 13.2. The SMILES string of the molecule is Cc1cccc(NC(=S)NC(=O)/C=C/c2ccccc2Cl)c1C. The zero-order valence-corrected chi connectivity index (χ0v) is 14.5. The van der Waals surface area contributed by atoms with Crippen LogP contribution >= 0.6 is 23.8 Å². The third kappa shape index (κ3) is 4.91. The Hall–Kier alpha value is -2.17. The summed E-state index contributed by atoms with van der Waals surface area (Å²) in [6.45, 7) is 4.02. The molecule has 0 saturated carbocycles. The minimum atomic E-state index is -0.312. The predicted molar refractivity (Wildman–Crippen MR) is 101 cm³/mol. The van der Waals surface area contributed by atoms with Crippen LogP contribution in [-0.4, -0.2) is 11.0 Å². The number of amides is 1. The second-order valence-electron chi connectivity index (χ2n) is 5.05. The van der Waals surface area contributed by atoms with E-state index in [1.807, 2.05) is 50.2 Å². The quantitative estimate of drug-likeness (QED) is 0.637. The normalized spacial score (nSPS) is 10.6. The number of hydrogen-bond donors (Lipinski definition) is 2. The number of nitrogens with one attached hydrogen (secondary N) is 2. The number of hydrogen-bond acceptors (Lipinski definition) is 2. The standard InChI is InChI=1S/C18H17ClN2OS/c1-12-6-5-9-16(13(12)2)20-18(23)21-17(22)11-10-14-7-3-4-8-15(14)19/h3-11H,1-2H3,(H2,20,21,22,23)/b11-10+. The summed E-state index contributed by atoms with van der Waals surface area (Å²) in [5.74, 6) is -0.312. The lowest BCUT2D eigenvalue weighted by atomic mass is 10.1. The number of thiocarbonyl (C=S) groups is 1. The molecule has 1 amide bonds. The number of carbonyl (C=O) groups is 1. The van der Waals surface area contributed by atoms with Gasteiger partial charge in [0.15, 0.2) is 5.11 Å². The van der Waals surface area contributed by atoms with Crippen molar-refractivity contribution in [1.29, 1.82) is 0 Å². The van der Waals surface area contributed by atoms with Crippen LogP contribution in [0, 0.1) is 13.8 Å². The average molecular weight is 345 g/mol. The molecule has 0 aliphatic heterocycles. The lowest BCUT2D eigenvalue weighted by molar-refractivity contribution is -0.115. The molecule has 118 valence electrons. The molecule has 0 aliphatic carbocycles. The van der Waals surface area contributed by atoms with Crippen molar-refractivity contribution in [2.45, 2.75) is 13.8 Å². The van der Waals surface area contributed by atoms with E-state index in [1.165, 1.54) is 6.08 Å². The van der Waals surface area contributed by atoms with Gasteiger partial charge in [0, 0.05) is 16.8 Å². The molecule has 23 heavy (non-hydrogen) atoms. The largest absolute Gasteiger partial charge is 0.332 e. The number of carbonyl (C=O) groups excluding carboxylic acids is 1. The van der Waals surface area contributed by atoms with E-state index >= 15 is 0 Å². The molecule has 2 aromatic carbocycles. The van der Waals surface area contributed by atoms with Crippen molar-refractivity contribution < 1.29 is 4.79 Å². The minimum absolute atomic E-state index is 0.257. The van der Waals surface area contributed by atoms with Crippen molar-refractivity contribution in [2.75, 3.05) is 5.32 Å². The fraction of sp³-hybridized carbons (Fsp3) is 0.111. The summed E-state index contributed by atoms with van der Waals surface area (Å²) in [5, 5.41) is 6.49. The van der Waals surface area contributed by atoms with Gasteiger partial charge in [0.05, 0.1) is 0 Å². The smallest absolute Gasteiger partial charge is 0.250 e. The summed E-state index contributed by atoms with van der Waals surface area (Å²) in [5.41, 5.74) is 3.90. The molecule has 0 unspecified atom stereocenters. The Labute approximate surface area is 146 Å². The number of aryl methyl sites for hydroxylation is 1. The highest BCUT2D eigenvalue weighted by Crippen LogP contribution is 2.18. The Morgan fingerprint density at radius 1 is 1.13 bits per heavy atom. The number of rotatable bonds is 3. The second kappa shape index (κ2) is 7.90. The number of anilines is 1. The van der Waals surface area contributed by atoms with Crippen molar-refractivity contribution in [1.82, 2.24) is 5.32 Å². The molecule has 3 nitrogen and oxygen atoms in total. The summed E-state index contributed by atoms with van der Waals surface area (Å²) in [6.07, 6.45) is 3.05. The van der Waals surface area contributed by atoms with E-state index in [9.17, 15) is 4.79 Å². The number of benzene rings is 2. The van der Waals surface area contributed by atoms with E-state index in [1.54, 1.807) is 12.1 Å². The third-order valence-corrected chi connectivity index (χ3v) is 3.96. The molecule has 2 N–H and O–H groups in total. The molecule has 0 spiro atoms. The molecular weight excluding hydrogens is 328 g/mol. The van der Waals surface area contributed by atoms with Crippen LogP contribution in [0.1, 0.15) is 16.7 Å². The first-order valence-corrected chi connectivity index (χ1v) is 7.87. The molecule has 2 rings (SSSR count). The topological polar surface area (TPSA) is 41.1 Å². The van der Waals surface area contributed by atoms with Gasteiger partial charge in [-0.1, -0.05) is 41.9 Å². The van der Waals surface area contributed by atoms with Gasteiger partial charge in [-0.25, -0.2) is 0 Å². The maximum Gasteiger partial charge on any atom is 0.250 e.